The van der Waals surface area contributed by atoms with Crippen LogP contribution in [0.4, 0.5) is 23.7 Å². The number of para-hydroxylation sites is 1. The molecule has 0 aromatic heterocycles. The molecular formula is C20H21F3N2O5. The highest BCUT2D eigenvalue weighted by molar-refractivity contribution is 5.86. The summed E-state index contributed by atoms with van der Waals surface area (Å²) in [5.41, 5.74) is 0.0408. The predicted molar refractivity (Wildman–Crippen MR) is 102 cm³/mol. The number of ether oxygens (including phenoxy) is 4. The number of hydrogen-bond donors (Lipinski definition) is 1. The maximum absolute atomic E-state index is 12.7. The molecule has 2 aromatic rings. The summed E-state index contributed by atoms with van der Waals surface area (Å²) in [4.78, 5) is 14.2. The first-order chi connectivity index (χ1) is 14.4. The smallest absolute Gasteiger partial charge is 0.492 e. The molecule has 1 aliphatic heterocycles. The normalized spacial score (nSPS) is 14.8. The van der Waals surface area contributed by atoms with Gasteiger partial charge in [-0.1, -0.05) is 18.2 Å². The van der Waals surface area contributed by atoms with Crippen LogP contribution < -0.4 is 19.5 Å². The highest BCUT2D eigenvalue weighted by atomic mass is 19.4. The summed E-state index contributed by atoms with van der Waals surface area (Å²) in [5.74, 6) is -0.0962. The number of amides is 1. The number of rotatable bonds is 7. The number of morpholine rings is 1. The van der Waals surface area contributed by atoms with Gasteiger partial charge in [0.1, 0.15) is 23.9 Å². The molecule has 1 amide bonds. The van der Waals surface area contributed by atoms with Gasteiger partial charge < -0.3 is 18.9 Å². The number of hydrogen-bond acceptors (Lipinski definition) is 6. The van der Waals surface area contributed by atoms with Crippen molar-refractivity contribution in [2.75, 3.05) is 44.8 Å². The van der Waals surface area contributed by atoms with E-state index in [-0.39, 0.29) is 18.0 Å². The summed E-state index contributed by atoms with van der Waals surface area (Å²) < 4.78 is 57.9. The van der Waals surface area contributed by atoms with E-state index in [1.807, 2.05) is 0 Å². The summed E-state index contributed by atoms with van der Waals surface area (Å²) in [5, 5.41) is 2.38. The van der Waals surface area contributed by atoms with Crippen molar-refractivity contribution in [1.82, 2.24) is 4.90 Å². The Morgan fingerprint density at radius 2 is 1.73 bits per heavy atom. The summed E-state index contributed by atoms with van der Waals surface area (Å²) in [6.07, 6.45) is -5.74. The number of benzene rings is 2. The van der Waals surface area contributed by atoms with Gasteiger partial charge in [-0.3, -0.25) is 10.2 Å². The van der Waals surface area contributed by atoms with Crippen LogP contribution in [0.3, 0.4) is 0 Å². The molecular weight excluding hydrogens is 405 g/mol. The number of carbonyl (C=O) groups excluding carboxylic acids is 1. The zero-order valence-corrected chi connectivity index (χ0v) is 16.0. The van der Waals surface area contributed by atoms with Gasteiger partial charge in [-0.05, 0) is 12.1 Å². The molecule has 1 saturated heterocycles. The largest absolute Gasteiger partial charge is 0.573 e. The fraction of sp³-hybridized carbons (Fsp3) is 0.350. The molecule has 0 saturated carbocycles. The molecule has 7 nitrogen and oxygen atoms in total. The highest BCUT2D eigenvalue weighted by Gasteiger charge is 2.31. The van der Waals surface area contributed by atoms with Crippen molar-refractivity contribution in [3.63, 3.8) is 0 Å². The molecule has 0 atom stereocenters. The minimum absolute atomic E-state index is 0.0408. The lowest BCUT2D eigenvalue weighted by Crippen LogP contribution is -2.38. The molecule has 30 heavy (non-hydrogen) atoms. The molecule has 1 aliphatic rings. The van der Waals surface area contributed by atoms with E-state index < -0.39 is 18.2 Å². The zero-order chi connectivity index (χ0) is 21.4. The summed E-state index contributed by atoms with van der Waals surface area (Å²) in [6.45, 7) is 3.63. The Balaban J connectivity index is 1.65. The van der Waals surface area contributed by atoms with Crippen molar-refractivity contribution in [3.05, 3.63) is 48.5 Å². The van der Waals surface area contributed by atoms with Gasteiger partial charge in [0.05, 0.1) is 18.9 Å². The van der Waals surface area contributed by atoms with Crippen molar-refractivity contribution in [2.45, 2.75) is 6.36 Å². The average Bonchev–Trinajstić information content (AvgIpc) is 2.68. The Morgan fingerprint density at radius 1 is 1.03 bits per heavy atom. The van der Waals surface area contributed by atoms with Crippen LogP contribution in [0, 0.1) is 0 Å². The zero-order valence-electron chi connectivity index (χ0n) is 16.0. The van der Waals surface area contributed by atoms with Crippen molar-refractivity contribution < 1.29 is 36.9 Å². The second kappa shape index (κ2) is 10.2. The van der Waals surface area contributed by atoms with Crippen LogP contribution in [0.2, 0.25) is 0 Å². The topological polar surface area (TPSA) is 69.3 Å². The first-order valence-corrected chi connectivity index (χ1v) is 9.25. The van der Waals surface area contributed by atoms with E-state index in [9.17, 15) is 18.0 Å². The van der Waals surface area contributed by atoms with Gasteiger partial charge in [-0.25, -0.2) is 4.79 Å². The van der Waals surface area contributed by atoms with Gasteiger partial charge in [0.15, 0.2) is 0 Å². The monoisotopic (exact) mass is 426 g/mol. The Bertz CT molecular complexity index is 827. The van der Waals surface area contributed by atoms with Crippen LogP contribution in [-0.2, 0) is 4.74 Å². The van der Waals surface area contributed by atoms with Gasteiger partial charge >= 0.3 is 12.5 Å². The van der Waals surface area contributed by atoms with E-state index in [1.54, 1.807) is 30.3 Å². The predicted octanol–water partition coefficient (Wildman–Crippen LogP) is 3.91. The molecule has 10 heteroatoms. The molecule has 1 fully saturated rings. The Morgan fingerprint density at radius 3 is 2.43 bits per heavy atom. The van der Waals surface area contributed by atoms with E-state index in [0.717, 1.165) is 25.2 Å². The van der Waals surface area contributed by atoms with E-state index in [2.05, 4.69) is 15.0 Å². The van der Waals surface area contributed by atoms with Crippen LogP contribution >= 0.6 is 0 Å². The van der Waals surface area contributed by atoms with Gasteiger partial charge in [0.25, 0.3) is 0 Å². The highest BCUT2D eigenvalue weighted by Crippen LogP contribution is 2.30. The molecule has 0 aliphatic carbocycles. The van der Waals surface area contributed by atoms with Crippen molar-refractivity contribution in [1.29, 1.82) is 0 Å². The van der Waals surface area contributed by atoms with Crippen molar-refractivity contribution >= 4 is 11.8 Å². The standard InChI is InChI=1S/C20H21F3N2O5/c21-20(22,23)30-18-13-15(24-19(26)29-16-4-2-1-3-5-16)12-17(14-18)28-11-8-25-6-9-27-10-7-25/h1-5,12-14H,6-11H2,(H,24,26). The number of nitrogens with one attached hydrogen (secondary N) is 1. The van der Waals surface area contributed by atoms with E-state index >= 15 is 0 Å². The van der Waals surface area contributed by atoms with E-state index in [4.69, 9.17) is 14.2 Å². The SMILES string of the molecule is O=C(Nc1cc(OCCN2CCOCC2)cc(OC(F)(F)F)c1)Oc1ccccc1. The minimum Gasteiger partial charge on any atom is -0.492 e. The van der Waals surface area contributed by atoms with Crippen LogP contribution in [0.5, 0.6) is 17.2 Å². The van der Waals surface area contributed by atoms with Crippen molar-refractivity contribution in [3.8, 4) is 17.2 Å². The minimum atomic E-state index is -4.88. The Labute approximate surface area is 171 Å². The summed E-state index contributed by atoms with van der Waals surface area (Å²) in [6, 6.07) is 11.8. The average molecular weight is 426 g/mol. The molecule has 162 valence electrons. The lowest BCUT2D eigenvalue weighted by atomic mass is 10.2. The third-order valence-corrected chi connectivity index (χ3v) is 4.09. The second-order valence-electron chi connectivity index (χ2n) is 6.37. The third kappa shape index (κ3) is 7.45. The molecule has 0 bridgehead atoms. The molecule has 0 radical (unpaired) electrons. The number of nitrogens with zero attached hydrogens (tertiary/aromatic N) is 1. The lowest BCUT2D eigenvalue weighted by Gasteiger charge is -2.26. The maximum Gasteiger partial charge on any atom is 0.573 e. The van der Waals surface area contributed by atoms with Crippen LogP contribution in [-0.4, -0.2) is 56.8 Å². The lowest BCUT2D eigenvalue weighted by molar-refractivity contribution is -0.274. The first-order valence-electron chi connectivity index (χ1n) is 9.25. The number of alkyl halides is 3. The van der Waals surface area contributed by atoms with Gasteiger partial charge in [0.2, 0.25) is 0 Å². The van der Waals surface area contributed by atoms with Gasteiger partial charge in [-0.2, -0.15) is 0 Å². The Kier molecular flexibility index (Phi) is 7.36. The molecule has 0 spiro atoms. The van der Waals surface area contributed by atoms with Crippen LogP contribution in [0.1, 0.15) is 0 Å². The molecule has 0 unspecified atom stereocenters. The fourth-order valence-electron chi connectivity index (χ4n) is 2.78. The summed E-state index contributed by atoms with van der Waals surface area (Å²) in [7, 11) is 0. The number of halogens is 3. The number of carbonyl (C=O) groups is 1. The third-order valence-electron chi connectivity index (χ3n) is 4.09. The Hall–Kier alpha value is -2.98. The second-order valence-corrected chi connectivity index (χ2v) is 6.37. The summed E-state index contributed by atoms with van der Waals surface area (Å²) >= 11 is 0. The van der Waals surface area contributed by atoms with E-state index in [1.165, 1.54) is 6.07 Å². The van der Waals surface area contributed by atoms with Crippen LogP contribution in [0.15, 0.2) is 48.5 Å². The molecule has 1 heterocycles. The quantitative estimate of drug-likeness (QED) is 0.724. The van der Waals surface area contributed by atoms with Gasteiger partial charge in [0, 0.05) is 37.8 Å². The number of anilines is 1. The molecule has 3 rings (SSSR count). The maximum atomic E-state index is 12.7. The molecule has 2 aromatic carbocycles. The van der Waals surface area contributed by atoms with Crippen molar-refractivity contribution in [2.24, 2.45) is 0 Å². The molecule has 1 N–H and O–H groups in total. The van der Waals surface area contributed by atoms with E-state index in [0.29, 0.717) is 25.5 Å². The van der Waals surface area contributed by atoms with Gasteiger partial charge in [-0.15, -0.1) is 13.2 Å². The fourth-order valence-corrected chi connectivity index (χ4v) is 2.78. The van der Waals surface area contributed by atoms with Crippen LogP contribution in [0.25, 0.3) is 0 Å². The first kappa shape index (κ1) is 21.7.